The van der Waals surface area contributed by atoms with E-state index in [2.05, 4.69) is 20.7 Å². The highest BCUT2D eigenvalue weighted by molar-refractivity contribution is 6.37. The largest absolute Gasteiger partial charge is 0.324 e. The fourth-order valence-corrected chi connectivity index (χ4v) is 3.98. The number of para-hydroxylation sites is 1. The van der Waals surface area contributed by atoms with Crippen LogP contribution in [-0.4, -0.2) is 20.8 Å². The molecule has 2 heterocycles. The molecule has 0 aliphatic rings. The lowest BCUT2D eigenvalue weighted by Crippen LogP contribution is -2.21. The molecular formula is C26H25Cl2N5O. The van der Waals surface area contributed by atoms with Crippen LogP contribution in [0.5, 0.6) is 0 Å². The molecular weight excluding hydrogens is 469 g/mol. The Labute approximate surface area is 208 Å². The number of aromatic nitrogens is 3. The summed E-state index contributed by atoms with van der Waals surface area (Å²) in [4.78, 5) is 16.9. The first-order chi connectivity index (χ1) is 16.2. The van der Waals surface area contributed by atoms with Crippen LogP contribution in [-0.2, 0) is 11.8 Å². The molecule has 0 bridgehead atoms. The molecule has 6 nitrogen and oxygen atoms in total. The normalized spacial score (nSPS) is 11.3. The third-order valence-electron chi connectivity index (χ3n) is 5.24. The Hall–Kier alpha value is -3.35. The number of benzene rings is 2. The summed E-state index contributed by atoms with van der Waals surface area (Å²) < 4.78 is 1.57. The minimum absolute atomic E-state index is 0.240. The van der Waals surface area contributed by atoms with Gasteiger partial charge in [-0.1, -0.05) is 62.2 Å². The van der Waals surface area contributed by atoms with Gasteiger partial charge in [0.05, 0.1) is 15.7 Å². The summed E-state index contributed by atoms with van der Waals surface area (Å²) in [5, 5.41) is 11.3. The molecule has 0 aliphatic heterocycles. The minimum Gasteiger partial charge on any atom is -0.308 e. The number of rotatable bonds is 5. The number of pyridine rings is 1. The second-order valence-corrected chi connectivity index (χ2v) is 9.77. The van der Waals surface area contributed by atoms with Gasteiger partial charge in [0, 0.05) is 29.6 Å². The molecule has 4 aromatic rings. The van der Waals surface area contributed by atoms with Crippen molar-refractivity contribution < 1.29 is 4.79 Å². The van der Waals surface area contributed by atoms with E-state index in [1.54, 1.807) is 35.3 Å². The average Bonchev–Trinajstić information content (AvgIpc) is 3.19. The zero-order valence-electron chi connectivity index (χ0n) is 19.1. The van der Waals surface area contributed by atoms with E-state index in [0.717, 1.165) is 17.7 Å². The van der Waals surface area contributed by atoms with Gasteiger partial charge in [0.2, 0.25) is 0 Å². The predicted molar refractivity (Wildman–Crippen MR) is 138 cm³/mol. The molecule has 34 heavy (non-hydrogen) atoms. The molecule has 0 spiro atoms. The number of nitrogens with zero attached hydrogens (tertiary/aromatic N) is 3. The monoisotopic (exact) mass is 493 g/mol. The summed E-state index contributed by atoms with van der Waals surface area (Å²) in [6.07, 6.45) is 4.35. The maximum atomic E-state index is 12.8. The highest BCUT2D eigenvalue weighted by Gasteiger charge is 2.23. The van der Waals surface area contributed by atoms with Crippen molar-refractivity contribution in [3.05, 3.63) is 99.9 Å². The minimum atomic E-state index is -0.397. The Morgan fingerprint density at radius 2 is 1.53 bits per heavy atom. The molecule has 2 aromatic heterocycles. The number of nitrogens with one attached hydrogen (secondary N) is 2. The SMILES string of the molecule is CC(C)(C)c1cc(NC(=O)Nc2ccc(Cc3ccncc3)cc2)n(-c2c(Cl)cccc2Cl)n1. The Morgan fingerprint density at radius 1 is 0.912 bits per heavy atom. The molecule has 8 heteroatoms. The van der Waals surface area contributed by atoms with E-state index in [-0.39, 0.29) is 5.41 Å². The summed E-state index contributed by atoms with van der Waals surface area (Å²) in [5.41, 5.74) is 4.05. The number of carbonyl (C=O) groups excluding carboxylic acids is 1. The van der Waals surface area contributed by atoms with Crippen LogP contribution in [0, 0.1) is 0 Å². The van der Waals surface area contributed by atoms with Crippen LogP contribution in [0.2, 0.25) is 10.0 Å². The van der Waals surface area contributed by atoms with Gasteiger partial charge in [-0.3, -0.25) is 10.3 Å². The zero-order valence-corrected chi connectivity index (χ0v) is 20.7. The Bertz CT molecular complexity index is 1280. The first kappa shape index (κ1) is 23.8. The van der Waals surface area contributed by atoms with Gasteiger partial charge in [-0.05, 0) is 53.9 Å². The highest BCUT2D eigenvalue weighted by Crippen LogP contribution is 2.33. The Morgan fingerprint density at radius 3 is 2.15 bits per heavy atom. The molecule has 0 saturated carbocycles. The predicted octanol–water partition coefficient (Wildman–Crippen LogP) is 7.11. The van der Waals surface area contributed by atoms with E-state index in [1.807, 2.05) is 63.2 Å². The molecule has 2 amide bonds. The van der Waals surface area contributed by atoms with Gasteiger partial charge >= 0.3 is 6.03 Å². The highest BCUT2D eigenvalue weighted by atomic mass is 35.5. The third-order valence-corrected chi connectivity index (χ3v) is 5.85. The number of amides is 2. The topological polar surface area (TPSA) is 71.8 Å². The van der Waals surface area contributed by atoms with E-state index < -0.39 is 6.03 Å². The Balaban J connectivity index is 1.53. The van der Waals surface area contributed by atoms with Gasteiger partial charge in [0.25, 0.3) is 0 Å². The maximum Gasteiger partial charge on any atom is 0.324 e. The van der Waals surface area contributed by atoms with Crippen LogP contribution in [0.25, 0.3) is 5.69 Å². The van der Waals surface area contributed by atoms with Gasteiger partial charge in [0.15, 0.2) is 0 Å². The number of carbonyl (C=O) groups is 1. The molecule has 4 rings (SSSR count). The maximum absolute atomic E-state index is 12.8. The van der Waals surface area contributed by atoms with Gasteiger partial charge in [0.1, 0.15) is 11.5 Å². The average molecular weight is 494 g/mol. The fourth-order valence-electron chi connectivity index (χ4n) is 3.42. The number of hydrogen-bond acceptors (Lipinski definition) is 3. The molecule has 0 atom stereocenters. The smallest absolute Gasteiger partial charge is 0.308 e. The van der Waals surface area contributed by atoms with Crippen molar-refractivity contribution in [2.24, 2.45) is 0 Å². The summed E-state index contributed by atoms with van der Waals surface area (Å²) >= 11 is 12.8. The molecule has 0 fully saturated rings. The van der Waals surface area contributed by atoms with Crippen molar-refractivity contribution >= 4 is 40.7 Å². The molecule has 0 unspecified atom stereocenters. The van der Waals surface area contributed by atoms with Gasteiger partial charge in [-0.25, -0.2) is 9.48 Å². The van der Waals surface area contributed by atoms with E-state index in [1.165, 1.54) is 5.56 Å². The molecule has 0 saturated heterocycles. The van der Waals surface area contributed by atoms with Crippen LogP contribution < -0.4 is 10.6 Å². The van der Waals surface area contributed by atoms with E-state index in [4.69, 9.17) is 23.2 Å². The molecule has 2 N–H and O–H groups in total. The lowest BCUT2D eigenvalue weighted by molar-refractivity contribution is 0.262. The summed E-state index contributed by atoms with van der Waals surface area (Å²) in [5.74, 6) is 0.465. The van der Waals surface area contributed by atoms with Crippen molar-refractivity contribution in [3.63, 3.8) is 0 Å². The van der Waals surface area contributed by atoms with E-state index >= 15 is 0 Å². The molecule has 174 valence electrons. The molecule has 0 radical (unpaired) electrons. The Kier molecular flexibility index (Phi) is 6.91. The fraction of sp³-hybridized carbons (Fsp3) is 0.192. The molecule has 0 aliphatic carbocycles. The second kappa shape index (κ2) is 9.87. The quantitative estimate of drug-likeness (QED) is 0.311. The van der Waals surface area contributed by atoms with Crippen LogP contribution in [0.1, 0.15) is 37.6 Å². The van der Waals surface area contributed by atoms with Gasteiger partial charge in [-0.15, -0.1) is 0 Å². The molecule has 2 aromatic carbocycles. The van der Waals surface area contributed by atoms with Gasteiger partial charge < -0.3 is 5.32 Å². The zero-order chi connectivity index (χ0) is 24.3. The van der Waals surface area contributed by atoms with Crippen molar-refractivity contribution in [3.8, 4) is 5.69 Å². The summed E-state index contributed by atoms with van der Waals surface area (Å²) in [6.45, 7) is 6.14. The van der Waals surface area contributed by atoms with Crippen LogP contribution in [0.3, 0.4) is 0 Å². The van der Waals surface area contributed by atoms with Crippen molar-refractivity contribution in [2.45, 2.75) is 32.6 Å². The van der Waals surface area contributed by atoms with Crippen LogP contribution >= 0.6 is 23.2 Å². The van der Waals surface area contributed by atoms with E-state index in [9.17, 15) is 4.79 Å². The number of halogens is 2. The van der Waals surface area contributed by atoms with Gasteiger partial charge in [-0.2, -0.15) is 5.10 Å². The number of anilines is 2. The summed E-state index contributed by atoms with van der Waals surface area (Å²) in [6, 6.07) is 18.4. The first-order valence-electron chi connectivity index (χ1n) is 10.8. The van der Waals surface area contributed by atoms with Crippen molar-refractivity contribution in [1.82, 2.24) is 14.8 Å². The van der Waals surface area contributed by atoms with Crippen molar-refractivity contribution in [2.75, 3.05) is 10.6 Å². The van der Waals surface area contributed by atoms with Crippen LogP contribution in [0.15, 0.2) is 73.1 Å². The number of urea groups is 1. The van der Waals surface area contributed by atoms with Crippen LogP contribution in [0.4, 0.5) is 16.3 Å². The van der Waals surface area contributed by atoms with Crippen molar-refractivity contribution in [1.29, 1.82) is 0 Å². The van der Waals surface area contributed by atoms with E-state index in [0.29, 0.717) is 27.2 Å². The number of hydrogen-bond donors (Lipinski definition) is 2. The standard InChI is InChI=1S/C26H25Cl2N5O/c1-26(2,3)22-16-23(33(32-22)24-20(27)5-4-6-21(24)28)31-25(34)30-19-9-7-17(8-10-19)15-18-11-13-29-14-12-18/h4-14,16H,15H2,1-3H3,(H2,30,31,34). The lowest BCUT2D eigenvalue weighted by atomic mass is 9.92. The lowest BCUT2D eigenvalue weighted by Gasteiger charge is -2.14. The first-order valence-corrected chi connectivity index (χ1v) is 11.6. The summed E-state index contributed by atoms with van der Waals surface area (Å²) in [7, 11) is 0. The second-order valence-electron chi connectivity index (χ2n) is 8.96. The third kappa shape index (κ3) is 5.58.